The maximum atomic E-state index is 11.1. The van der Waals surface area contributed by atoms with Crippen LogP contribution < -0.4 is 5.32 Å². The second-order valence-electron chi connectivity index (χ2n) is 12.5. The summed E-state index contributed by atoms with van der Waals surface area (Å²) >= 11 is 0. The smallest absolute Gasteiger partial charge is 0.0591 e. The molecule has 8 unspecified atom stereocenters. The number of aliphatic hydroxyl groups excluding tert-OH is 1. The van der Waals surface area contributed by atoms with E-state index in [2.05, 4.69) is 46.0 Å². The molecule has 2 N–H and O–H groups in total. The van der Waals surface area contributed by atoms with Crippen LogP contribution in [-0.2, 0) is 0 Å². The fraction of sp³-hybridized carbons (Fsp3) is 0.929. The lowest BCUT2D eigenvalue weighted by Gasteiger charge is -2.64. The van der Waals surface area contributed by atoms with E-state index in [1.165, 1.54) is 63.5 Å². The first kappa shape index (κ1) is 22.8. The van der Waals surface area contributed by atoms with Crippen molar-refractivity contribution in [2.24, 2.45) is 46.3 Å². The van der Waals surface area contributed by atoms with Crippen molar-refractivity contribution in [1.29, 1.82) is 0 Å². The van der Waals surface area contributed by atoms with E-state index >= 15 is 0 Å². The Kier molecular flexibility index (Phi) is 6.50. The van der Waals surface area contributed by atoms with Crippen LogP contribution in [0.25, 0.3) is 0 Å². The summed E-state index contributed by atoms with van der Waals surface area (Å²) in [6, 6.07) is 0.605. The molecule has 1 aliphatic heterocycles. The van der Waals surface area contributed by atoms with Gasteiger partial charge in [0.1, 0.15) is 0 Å². The van der Waals surface area contributed by atoms with Crippen molar-refractivity contribution in [3.8, 4) is 0 Å². The summed E-state index contributed by atoms with van der Waals surface area (Å²) < 4.78 is 0. The zero-order chi connectivity index (χ0) is 21.7. The molecular formula is C28H49NO. The fourth-order valence-corrected chi connectivity index (χ4v) is 9.02. The lowest BCUT2D eigenvalue weighted by atomic mass is 9.41. The third kappa shape index (κ3) is 3.53. The molecule has 2 nitrogen and oxygen atoms in total. The van der Waals surface area contributed by atoms with Gasteiger partial charge in [-0.3, -0.25) is 0 Å². The predicted molar refractivity (Wildman–Crippen MR) is 127 cm³/mol. The maximum absolute atomic E-state index is 11.1. The zero-order valence-corrected chi connectivity index (χ0v) is 20.7. The summed E-state index contributed by atoms with van der Waals surface area (Å²) in [4.78, 5) is 0. The molecule has 4 aliphatic carbocycles. The van der Waals surface area contributed by atoms with Gasteiger partial charge in [0.25, 0.3) is 0 Å². The number of aliphatic hydroxyl groups is 1. The zero-order valence-electron chi connectivity index (χ0n) is 20.7. The monoisotopic (exact) mass is 415 g/mol. The van der Waals surface area contributed by atoms with Crippen molar-refractivity contribution in [1.82, 2.24) is 5.32 Å². The van der Waals surface area contributed by atoms with E-state index in [9.17, 15) is 5.11 Å². The third-order valence-electron chi connectivity index (χ3n) is 11.2. The summed E-state index contributed by atoms with van der Waals surface area (Å²) in [6.45, 7) is 15.2. The van der Waals surface area contributed by atoms with Gasteiger partial charge in [0.05, 0.1) is 6.10 Å². The van der Waals surface area contributed by atoms with Gasteiger partial charge in [0, 0.05) is 12.0 Å². The maximum Gasteiger partial charge on any atom is 0.0591 e. The van der Waals surface area contributed by atoms with E-state index in [-0.39, 0.29) is 6.10 Å². The highest BCUT2D eigenvalue weighted by Gasteiger charge is 2.66. The first-order chi connectivity index (χ1) is 14.2. The Morgan fingerprint density at radius 1 is 0.933 bits per heavy atom. The van der Waals surface area contributed by atoms with E-state index in [0.29, 0.717) is 22.8 Å². The molecule has 10 atom stereocenters. The summed E-state index contributed by atoms with van der Waals surface area (Å²) in [5.41, 5.74) is 2.21. The predicted octanol–water partition coefficient (Wildman–Crippen LogP) is 6.59. The largest absolute Gasteiger partial charge is 0.393 e. The van der Waals surface area contributed by atoms with Gasteiger partial charge in [-0.05, 0) is 113 Å². The van der Waals surface area contributed by atoms with Crippen molar-refractivity contribution in [3.05, 3.63) is 11.6 Å². The average molecular weight is 416 g/mol. The minimum Gasteiger partial charge on any atom is -0.393 e. The van der Waals surface area contributed by atoms with Crippen LogP contribution in [-0.4, -0.2) is 23.8 Å². The molecular weight excluding hydrogens is 366 g/mol. The van der Waals surface area contributed by atoms with Gasteiger partial charge in [-0.2, -0.15) is 0 Å². The minimum atomic E-state index is -0.0635. The quantitative estimate of drug-likeness (QED) is 0.474. The Morgan fingerprint density at radius 3 is 2.20 bits per heavy atom. The Hall–Kier alpha value is -0.340. The highest BCUT2D eigenvalue weighted by atomic mass is 16.3. The van der Waals surface area contributed by atoms with Crippen molar-refractivity contribution < 1.29 is 5.11 Å². The van der Waals surface area contributed by atoms with Crippen LogP contribution in [0.15, 0.2) is 11.6 Å². The normalized spacial score (nSPS) is 52.0. The number of hydrogen-bond acceptors (Lipinski definition) is 2. The van der Waals surface area contributed by atoms with E-state index in [1.54, 1.807) is 0 Å². The second-order valence-corrected chi connectivity index (χ2v) is 12.5. The second kappa shape index (κ2) is 8.54. The molecule has 1 saturated heterocycles. The van der Waals surface area contributed by atoms with Crippen molar-refractivity contribution >= 4 is 0 Å². The van der Waals surface area contributed by atoms with Crippen LogP contribution in [0, 0.1) is 46.3 Å². The minimum absolute atomic E-state index is 0.0635. The average Bonchev–Trinajstić information content (AvgIpc) is 2.92. The summed E-state index contributed by atoms with van der Waals surface area (Å²) in [5.74, 6) is 5.14. The van der Waals surface area contributed by atoms with E-state index < -0.39 is 0 Å². The van der Waals surface area contributed by atoms with Crippen molar-refractivity contribution in [2.45, 2.75) is 111 Å². The molecule has 0 amide bonds. The van der Waals surface area contributed by atoms with Crippen LogP contribution in [0.3, 0.4) is 0 Å². The van der Waals surface area contributed by atoms with E-state index in [0.717, 1.165) is 36.0 Å². The molecule has 172 valence electrons. The fourth-order valence-electron chi connectivity index (χ4n) is 9.02. The SMILES string of the molecule is CC=C(C)C.C[C@@H]1CCCC2C1CC[C@@]1(C)C2CCC2C(C3CCN3)C(O)CC21C. The molecule has 0 aromatic heterocycles. The van der Waals surface area contributed by atoms with Gasteiger partial charge < -0.3 is 10.4 Å². The Bertz CT molecular complexity index is 635. The summed E-state index contributed by atoms with van der Waals surface area (Å²) in [5, 5.41) is 14.7. The van der Waals surface area contributed by atoms with Gasteiger partial charge in [0.15, 0.2) is 0 Å². The first-order valence-corrected chi connectivity index (χ1v) is 13.2. The standard InChI is InChI=1S/C23H39NO.C5H10/c1-14-5-4-6-16-15(14)9-11-22(2)17(16)7-8-18-21(19-10-12-24-19)20(25)13-23(18,22)3;1-4-5(2)3/h14-21,24-25H,4-13H2,1-3H3;4H,1-3H3/t14-,15?,16?,17?,18?,19?,20?,21?,22+,23?;/m1./s1. The van der Waals surface area contributed by atoms with Crippen molar-refractivity contribution in [2.75, 3.05) is 6.54 Å². The van der Waals surface area contributed by atoms with Crippen LogP contribution >= 0.6 is 0 Å². The molecule has 5 fully saturated rings. The Labute approximate surface area is 186 Å². The molecule has 5 rings (SSSR count). The number of rotatable bonds is 1. The van der Waals surface area contributed by atoms with E-state index in [4.69, 9.17) is 0 Å². The van der Waals surface area contributed by atoms with Crippen LogP contribution in [0.4, 0.5) is 0 Å². The molecule has 0 spiro atoms. The van der Waals surface area contributed by atoms with Gasteiger partial charge >= 0.3 is 0 Å². The van der Waals surface area contributed by atoms with Gasteiger partial charge in [-0.1, -0.05) is 45.3 Å². The van der Waals surface area contributed by atoms with Gasteiger partial charge in [-0.25, -0.2) is 0 Å². The molecule has 0 bridgehead atoms. The molecule has 4 saturated carbocycles. The molecule has 0 aromatic rings. The molecule has 2 heteroatoms. The topological polar surface area (TPSA) is 32.3 Å². The molecule has 0 radical (unpaired) electrons. The number of fused-ring (bicyclic) bond motifs is 5. The van der Waals surface area contributed by atoms with Crippen LogP contribution in [0.2, 0.25) is 0 Å². The van der Waals surface area contributed by atoms with Crippen molar-refractivity contribution in [3.63, 3.8) is 0 Å². The van der Waals surface area contributed by atoms with Gasteiger partial charge in [0.2, 0.25) is 0 Å². The molecule has 30 heavy (non-hydrogen) atoms. The van der Waals surface area contributed by atoms with Crippen LogP contribution in [0.1, 0.15) is 99.3 Å². The summed E-state index contributed by atoms with van der Waals surface area (Å²) in [6.07, 6.45) is 14.5. The van der Waals surface area contributed by atoms with Crippen LogP contribution in [0.5, 0.6) is 0 Å². The Balaban J connectivity index is 0.000000393. The lowest BCUT2D eigenvalue weighted by Crippen LogP contribution is -2.58. The first-order valence-electron chi connectivity index (χ1n) is 13.2. The number of allylic oxidation sites excluding steroid dienone is 2. The lowest BCUT2D eigenvalue weighted by molar-refractivity contribution is -0.153. The van der Waals surface area contributed by atoms with Gasteiger partial charge in [-0.15, -0.1) is 0 Å². The molecule has 0 aromatic carbocycles. The third-order valence-corrected chi connectivity index (χ3v) is 11.2. The highest BCUT2D eigenvalue weighted by Crippen LogP contribution is 2.71. The molecule has 5 aliphatic rings. The Morgan fingerprint density at radius 2 is 1.60 bits per heavy atom. The number of nitrogens with one attached hydrogen (secondary N) is 1. The highest BCUT2D eigenvalue weighted by molar-refractivity contribution is 5.16. The van der Waals surface area contributed by atoms with E-state index in [1.807, 2.05) is 6.92 Å². The summed E-state index contributed by atoms with van der Waals surface area (Å²) in [7, 11) is 0. The number of hydrogen-bond donors (Lipinski definition) is 2. The molecule has 1 heterocycles.